The lowest BCUT2D eigenvalue weighted by molar-refractivity contribution is 0.412. The Morgan fingerprint density at radius 2 is 2.00 bits per heavy atom. The Morgan fingerprint density at radius 3 is 2.74 bits per heavy atom. The molecule has 0 spiro atoms. The highest BCUT2D eigenvalue weighted by molar-refractivity contribution is 7.80. The van der Waals surface area contributed by atoms with E-state index in [1.807, 2.05) is 6.07 Å². The average Bonchev–Trinajstić information content (AvgIpc) is 2.56. The van der Waals surface area contributed by atoms with Crippen LogP contribution in [0, 0.1) is 5.82 Å². The van der Waals surface area contributed by atoms with Crippen LogP contribution >= 0.6 is 12.2 Å². The summed E-state index contributed by atoms with van der Waals surface area (Å²) >= 11 is 5.39. The molecule has 0 aliphatic heterocycles. The van der Waals surface area contributed by atoms with Crippen molar-refractivity contribution in [3.8, 4) is 5.75 Å². The van der Waals surface area contributed by atoms with Crippen LogP contribution in [0.4, 0.5) is 10.1 Å². The van der Waals surface area contributed by atoms with Crippen LogP contribution in [0.25, 0.3) is 0 Å². The first-order valence-electron chi connectivity index (χ1n) is 7.65. The maximum atomic E-state index is 12.9. The van der Waals surface area contributed by atoms with Crippen molar-refractivity contribution >= 4 is 23.0 Å². The molecule has 0 aromatic heterocycles. The number of benzene rings is 2. The lowest BCUT2D eigenvalue weighted by atomic mass is 9.87. The zero-order chi connectivity index (χ0) is 16.2. The van der Waals surface area contributed by atoms with E-state index in [1.165, 1.54) is 23.3 Å². The van der Waals surface area contributed by atoms with E-state index in [0.29, 0.717) is 5.11 Å². The second-order valence-electron chi connectivity index (χ2n) is 5.61. The number of nitrogens with one attached hydrogen (secondary N) is 2. The SMILES string of the molecule is COc1ccc2c(c1)CCC[C@@H]2NC(=S)Nc1ccc(F)cc1. The molecule has 5 heteroatoms. The van der Waals surface area contributed by atoms with Gasteiger partial charge < -0.3 is 15.4 Å². The van der Waals surface area contributed by atoms with Crippen molar-refractivity contribution in [1.82, 2.24) is 5.32 Å². The molecule has 0 fully saturated rings. The number of methoxy groups -OCH3 is 1. The zero-order valence-electron chi connectivity index (χ0n) is 12.9. The summed E-state index contributed by atoms with van der Waals surface area (Å²) < 4.78 is 18.2. The van der Waals surface area contributed by atoms with Gasteiger partial charge in [-0.25, -0.2) is 4.39 Å². The lowest BCUT2D eigenvalue weighted by Crippen LogP contribution is -2.34. The third kappa shape index (κ3) is 3.79. The molecule has 0 heterocycles. The number of ether oxygens (including phenoxy) is 1. The summed E-state index contributed by atoms with van der Waals surface area (Å²) in [6, 6.07) is 12.5. The summed E-state index contributed by atoms with van der Waals surface area (Å²) in [6.07, 6.45) is 3.20. The Morgan fingerprint density at radius 1 is 1.22 bits per heavy atom. The van der Waals surface area contributed by atoms with Gasteiger partial charge in [0.2, 0.25) is 0 Å². The minimum Gasteiger partial charge on any atom is -0.497 e. The van der Waals surface area contributed by atoms with Crippen LogP contribution in [0.2, 0.25) is 0 Å². The highest BCUT2D eigenvalue weighted by Crippen LogP contribution is 2.32. The third-order valence-corrected chi connectivity index (χ3v) is 4.29. The molecule has 2 aromatic carbocycles. The molecular weight excluding hydrogens is 311 g/mol. The molecule has 1 atom stereocenters. The van der Waals surface area contributed by atoms with Crippen LogP contribution in [0.1, 0.15) is 30.0 Å². The van der Waals surface area contributed by atoms with Crippen LogP contribution < -0.4 is 15.4 Å². The van der Waals surface area contributed by atoms with E-state index in [0.717, 1.165) is 30.7 Å². The number of rotatable bonds is 3. The quantitative estimate of drug-likeness (QED) is 0.827. The maximum Gasteiger partial charge on any atom is 0.171 e. The highest BCUT2D eigenvalue weighted by atomic mass is 32.1. The van der Waals surface area contributed by atoms with Crippen LogP contribution in [-0.4, -0.2) is 12.2 Å². The number of aryl methyl sites for hydroxylation is 1. The Hall–Kier alpha value is -2.14. The van der Waals surface area contributed by atoms with E-state index in [-0.39, 0.29) is 11.9 Å². The summed E-state index contributed by atoms with van der Waals surface area (Å²) in [7, 11) is 1.68. The minimum absolute atomic E-state index is 0.185. The minimum atomic E-state index is -0.260. The summed E-state index contributed by atoms with van der Waals surface area (Å²) in [5.74, 6) is 0.626. The fourth-order valence-electron chi connectivity index (χ4n) is 2.93. The number of thiocarbonyl (C=S) groups is 1. The second-order valence-corrected chi connectivity index (χ2v) is 6.02. The predicted molar refractivity (Wildman–Crippen MR) is 94.4 cm³/mol. The van der Waals surface area contributed by atoms with E-state index in [9.17, 15) is 4.39 Å². The molecule has 0 saturated heterocycles. The molecule has 3 rings (SSSR count). The molecule has 0 amide bonds. The Labute approximate surface area is 140 Å². The molecule has 0 unspecified atom stereocenters. The molecule has 1 aliphatic carbocycles. The number of anilines is 1. The van der Waals surface area contributed by atoms with Gasteiger partial charge in [-0.1, -0.05) is 6.07 Å². The first-order chi connectivity index (χ1) is 11.2. The molecule has 3 nitrogen and oxygen atoms in total. The average molecular weight is 330 g/mol. The molecule has 1 aliphatic rings. The normalized spacial score (nSPS) is 16.3. The summed E-state index contributed by atoms with van der Waals surface area (Å²) in [5.41, 5.74) is 3.34. The van der Waals surface area contributed by atoms with Gasteiger partial charge in [0, 0.05) is 5.69 Å². The Kier molecular flexibility index (Phi) is 4.76. The van der Waals surface area contributed by atoms with Crippen LogP contribution in [0.3, 0.4) is 0 Å². The zero-order valence-corrected chi connectivity index (χ0v) is 13.8. The molecule has 0 bridgehead atoms. The van der Waals surface area contributed by atoms with E-state index in [4.69, 9.17) is 17.0 Å². The van der Waals surface area contributed by atoms with Gasteiger partial charge in [0.25, 0.3) is 0 Å². The van der Waals surface area contributed by atoms with Gasteiger partial charge in [-0.2, -0.15) is 0 Å². The van der Waals surface area contributed by atoms with Gasteiger partial charge in [0.05, 0.1) is 13.2 Å². The summed E-state index contributed by atoms with van der Waals surface area (Å²) in [4.78, 5) is 0. The van der Waals surface area contributed by atoms with E-state index < -0.39 is 0 Å². The molecule has 2 aromatic rings. The van der Waals surface area contributed by atoms with Crippen molar-refractivity contribution in [3.05, 3.63) is 59.4 Å². The van der Waals surface area contributed by atoms with E-state index >= 15 is 0 Å². The second kappa shape index (κ2) is 6.96. The maximum absolute atomic E-state index is 12.9. The van der Waals surface area contributed by atoms with Gasteiger partial charge in [-0.05, 0) is 79.0 Å². The Bertz CT molecular complexity index is 703. The van der Waals surface area contributed by atoms with E-state index in [2.05, 4.69) is 22.8 Å². The smallest absolute Gasteiger partial charge is 0.171 e. The van der Waals surface area contributed by atoms with Gasteiger partial charge in [0.15, 0.2) is 5.11 Å². The summed E-state index contributed by atoms with van der Waals surface area (Å²) in [5, 5.41) is 7.01. The standard InChI is InChI=1S/C18H19FN2OS/c1-22-15-9-10-16-12(11-15)3-2-4-17(16)21-18(23)20-14-7-5-13(19)6-8-14/h5-11,17H,2-4H2,1H3,(H2,20,21,23)/t17-/m0/s1. The topological polar surface area (TPSA) is 33.3 Å². The van der Waals surface area contributed by atoms with Gasteiger partial charge >= 0.3 is 0 Å². The molecule has 120 valence electrons. The summed E-state index contributed by atoms with van der Waals surface area (Å²) in [6.45, 7) is 0. The van der Waals surface area contributed by atoms with Crippen molar-refractivity contribution in [1.29, 1.82) is 0 Å². The first-order valence-corrected chi connectivity index (χ1v) is 8.06. The number of hydrogen-bond donors (Lipinski definition) is 2. The Balaban J connectivity index is 1.69. The monoisotopic (exact) mass is 330 g/mol. The molecule has 0 radical (unpaired) electrons. The number of hydrogen-bond acceptors (Lipinski definition) is 2. The largest absolute Gasteiger partial charge is 0.497 e. The van der Waals surface area contributed by atoms with Crippen molar-refractivity contribution in [2.75, 3.05) is 12.4 Å². The van der Waals surface area contributed by atoms with Crippen LogP contribution in [0.5, 0.6) is 5.75 Å². The van der Waals surface area contributed by atoms with E-state index in [1.54, 1.807) is 19.2 Å². The first kappa shape index (κ1) is 15.7. The van der Waals surface area contributed by atoms with Gasteiger partial charge in [-0.15, -0.1) is 0 Å². The van der Waals surface area contributed by atoms with Crippen LogP contribution in [-0.2, 0) is 6.42 Å². The lowest BCUT2D eigenvalue weighted by Gasteiger charge is -2.28. The highest BCUT2D eigenvalue weighted by Gasteiger charge is 2.21. The van der Waals surface area contributed by atoms with Gasteiger partial charge in [-0.3, -0.25) is 0 Å². The molecule has 23 heavy (non-hydrogen) atoms. The number of halogens is 1. The van der Waals surface area contributed by atoms with Crippen molar-refractivity contribution in [2.45, 2.75) is 25.3 Å². The molecule has 0 saturated carbocycles. The predicted octanol–water partition coefficient (Wildman–Crippen LogP) is 4.20. The van der Waals surface area contributed by atoms with Crippen LogP contribution in [0.15, 0.2) is 42.5 Å². The van der Waals surface area contributed by atoms with Crippen molar-refractivity contribution in [2.24, 2.45) is 0 Å². The fraction of sp³-hybridized carbons (Fsp3) is 0.278. The molecule has 2 N–H and O–H groups in total. The van der Waals surface area contributed by atoms with Crippen molar-refractivity contribution in [3.63, 3.8) is 0 Å². The van der Waals surface area contributed by atoms with Gasteiger partial charge in [0.1, 0.15) is 11.6 Å². The van der Waals surface area contributed by atoms with Crippen molar-refractivity contribution < 1.29 is 9.13 Å². The third-order valence-electron chi connectivity index (χ3n) is 4.07. The molecular formula is C18H19FN2OS. The number of fused-ring (bicyclic) bond motifs is 1. The fourth-order valence-corrected chi connectivity index (χ4v) is 3.19.